The summed E-state index contributed by atoms with van der Waals surface area (Å²) in [4.78, 5) is 23.3. The van der Waals surface area contributed by atoms with E-state index in [0.717, 1.165) is 12.8 Å². The van der Waals surface area contributed by atoms with Crippen molar-refractivity contribution in [3.05, 3.63) is 42.0 Å². The first kappa shape index (κ1) is 17.9. The zero-order valence-corrected chi connectivity index (χ0v) is 13.3. The van der Waals surface area contributed by atoms with Crippen LogP contribution in [0.15, 0.2) is 36.4 Å². The molecular weight excluding hydrogens is 284 g/mol. The molecule has 1 rings (SSSR count). The molecule has 1 aromatic rings. The minimum atomic E-state index is -0.597. The summed E-state index contributed by atoms with van der Waals surface area (Å²) in [6.07, 6.45) is 1.34. The third-order valence-corrected chi connectivity index (χ3v) is 2.77. The minimum absolute atomic E-state index is 0.307. The maximum Gasteiger partial charge on any atom is 0.340 e. The topological polar surface area (TPSA) is 61.8 Å². The molecule has 1 aromatic carbocycles. The highest BCUT2D eigenvalue weighted by atomic mass is 16.7. The second kappa shape index (κ2) is 9.00. The van der Waals surface area contributed by atoms with Gasteiger partial charge < -0.3 is 14.2 Å². The maximum absolute atomic E-state index is 11.9. The number of carbonyl (C=O) groups excluding carboxylic acids is 2. The molecule has 5 heteroatoms. The number of carbonyl (C=O) groups is 2. The average Bonchev–Trinajstić information content (AvgIpc) is 2.48. The third kappa shape index (κ3) is 6.10. The van der Waals surface area contributed by atoms with Gasteiger partial charge in [-0.1, -0.05) is 19.9 Å². The van der Waals surface area contributed by atoms with Gasteiger partial charge in [0.05, 0.1) is 12.2 Å². The molecule has 22 heavy (non-hydrogen) atoms. The quantitative estimate of drug-likeness (QED) is 0.242. The van der Waals surface area contributed by atoms with Gasteiger partial charge in [0.1, 0.15) is 5.75 Å². The standard InChI is InChI=1S/C17H22O5/c1-5-6-11-20-13(4)21-17(19)14-7-9-15(10-8-14)22-16(18)12(2)3/h7-10,13H,2,5-6,11H2,1,3-4H3. The number of unbranched alkanes of at least 4 members (excludes halogenated alkanes) is 1. The van der Waals surface area contributed by atoms with Crippen LogP contribution in [0.4, 0.5) is 0 Å². The van der Waals surface area contributed by atoms with Crippen molar-refractivity contribution in [1.29, 1.82) is 0 Å². The molecule has 0 aliphatic heterocycles. The summed E-state index contributed by atoms with van der Waals surface area (Å²) in [5.74, 6) is -0.646. The molecule has 1 atom stereocenters. The summed E-state index contributed by atoms with van der Waals surface area (Å²) < 4.78 is 15.6. The van der Waals surface area contributed by atoms with Crippen molar-refractivity contribution in [3.8, 4) is 5.75 Å². The second-order valence-corrected chi connectivity index (χ2v) is 4.89. The summed E-state index contributed by atoms with van der Waals surface area (Å²) >= 11 is 0. The predicted octanol–water partition coefficient (Wildman–Crippen LogP) is 3.49. The molecular formula is C17H22O5. The number of ether oxygens (including phenoxy) is 3. The molecule has 0 fully saturated rings. The Hall–Kier alpha value is -2.14. The van der Waals surface area contributed by atoms with E-state index in [1.807, 2.05) is 0 Å². The van der Waals surface area contributed by atoms with E-state index in [4.69, 9.17) is 14.2 Å². The molecule has 1 unspecified atom stereocenters. The number of esters is 2. The van der Waals surface area contributed by atoms with E-state index in [1.165, 1.54) is 24.3 Å². The van der Waals surface area contributed by atoms with Gasteiger partial charge in [0.15, 0.2) is 6.29 Å². The first-order chi connectivity index (χ1) is 10.4. The number of hydrogen-bond acceptors (Lipinski definition) is 5. The molecule has 0 aliphatic rings. The molecule has 0 radical (unpaired) electrons. The number of rotatable bonds is 8. The van der Waals surface area contributed by atoms with Gasteiger partial charge in [-0.05, 0) is 44.5 Å². The second-order valence-electron chi connectivity index (χ2n) is 4.89. The molecule has 0 aliphatic carbocycles. The average molecular weight is 306 g/mol. The molecule has 0 saturated heterocycles. The van der Waals surface area contributed by atoms with Crippen molar-refractivity contribution in [2.45, 2.75) is 39.9 Å². The highest BCUT2D eigenvalue weighted by Gasteiger charge is 2.13. The summed E-state index contributed by atoms with van der Waals surface area (Å²) in [7, 11) is 0. The van der Waals surface area contributed by atoms with Crippen molar-refractivity contribution in [2.75, 3.05) is 6.61 Å². The molecule has 0 heterocycles. The molecule has 0 N–H and O–H groups in total. The largest absolute Gasteiger partial charge is 0.432 e. The van der Waals surface area contributed by atoms with Gasteiger partial charge in [-0.15, -0.1) is 0 Å². The Labute approximate surface area is 130 Å². The Morgan fingerprint density at radius 3 is 2.41 bits per heavy atom. The lowest BCUT2D eigenvalue weighted by Gasteiger charge is -2.14. The molecule has 0 spiro atoms. The van der Waals surface area contributed by atoms with Gasteiger partial charge in [-0.25, -0.2) is 9.59 Å². The lowest BCUT2D eigenvalue weighted by Crippen LogP contribution is -2.18. The van der Waals surface area contributed by atoms with E-state index in [-0.39, 0.29) is 0 Å². The van der Waals surface area contributed by atoms with Crippen LogP contribution < -0.4 is 4.74 Å². The Morgan fingerprint density at radius 1 is 1.23 bits per heavy atom. The number of hydrogen-bond donors (Lipinski definition) is 0. The first-order valence-electron chi connectivity index (χ1n) is 7.24. The predicted molar refractivity (Wildman–Crippen MR) is 82.6 cm³/mol. The SMILES string of the molecule is C=C(C)C(=O)Oc1ccc(C(=O)OC(C)OCCCC)cc1. The fourth-order valence-corrected chi connectivity index (χ4v) is 1.50. The summed E-state index contributed by atoms with van der Waals surface area (Å²) in [6, 6.07) is 6.12. The van der Waals surface area contributed by atoms with Crippen LogP contribution in [0.2, 0.25) is 0 Å². The maximum atomic E-state index is 11.9. The van der Waals surface area contributed by atoms with Crippen LogP contribution in [0.25, 0.3) is 0 Å². The fraction of sp³-hybridized carbons (Fsp3) is 0.412. The molecule has 0 aromatic heterocycles. The van der Waals surface area contributed by atoms with E-state index >= 15 is 0 Å². The lowest BCUT2D eigenvalue weighted by molar-refractivity contribution is -0.130. The fourth-order valence-electron chi connectivity index (χ4n) is 1.50. The lowest BCUT2D eigenvalue weighted by atomic mass is 10.2. The van der Waals surface area contributed by atoms with E-state index in [1.54, 1.807) is 13.8 Å². The van der Waals surface area contributed by atoms with Crippen LogP contribution in [0.5, 0.6) is 5.75 Å². The highest BCUT2D eigenvalue weighted by Crippen LogP contribution is 2.15. The van der Waals surface area contributed by atoms with Crippen LogP contribution in [0.3, 0.4) is 0 Å². The zero-order valence-electron chi connectivity index (χ0n) is 13.3. The van der Waals surface area contributed by atoms with Crippen molar-refractivity contribution in [3.63, 3.8) is 0 Å². The van der Waals surface area contributed by atoms with Crippen LogP contribution in [0, 0.1) is 0 Å². The molecule has 0 bridgehead atoms. The Balaban J connectivity index is 2.53. The molecule has 0 saturated carbocycles. The third-order valence-electron chi connectivity index (χ3n) is 2.77. The van der Waals surface area contributed by atoms with E-state index in [0.29, 0.717) is 23.5 Å². The minimum Gasteiger partial charge on any atom is -0.432 e. The first-order valence-corrected chi connectivity index (χ1v) is 7.24. The molecule has 120 valence electrons. The van der Waals surface area contributed by atoms with Gasteiger partial charge >= 0.3 is 11.9 Å². The van der Waals surface area contributed by atoms with Crippen molar-refractivity contribution < 1.29 is 23.8 Å². The van der Waals surface area contributed by atoms with Crippen molar-refractivity contribution in [2.24, 2.45) is 0 Å². The van der Waals surface area contributed by atoms with Gasteiger partial charge in [0.25, 0.3) is 0 Å². The van der Waals surface area contributed by atoms with Gasteiger partial charge in [0, 0.05) is 5.57 Å². The van der Waals surface area contributed by atoms with Crippen LogP contribution in [-0.4, -0.2) is 24.8 Å². The summed E-state index contributed by atoms with van der Waals surface area (Å²) in [5, 5.41) is 0. The Kier molecular flexibility index (Phi) is 7.32. The molecule has 0 amide bonds. The zero-order chi connectivity index (χ0) is 16.5. The van der Waals surface area contributed by atoms with Crippen molar-refractivity contribution >= 4 is 11.9 Å². The normalized spacial score (nSPS) is 11.6. The van der Waals surface area contributed by atoms with Gasteiger partial charge in [-0.2, -0.15) is 0 Å². The molecule has 5 nitrogen and oxygen atoms in total. The van der Waals surface area contributed by atoms with E-state index < -0.39 is 18.2 Å². The Morgan fingerprint density at radius 2 is 1.86 bits per heavy atom. The van der Waals surface area contributed by atoms with Gasteiger partial charge in [-0.3, -0.25) is 0 Å². The van der Waals surface area contributed by atoms with E-state index in [2.05, 4.69) is 13.5 Å². The Bertz CT molecular complexity index is 518. The monoisotopic (exact) mass is 306 g/mol. The van der Waals surface area contributed by atoms with Crippen LogP contribution in [0.1, 0.15) is 44.0 Å². The van der Waals surface area contributed by atoms with Crippen LogP contribution in [-0.2, 0) is 14.3 Å². The summed E-state index contributed by atoms with van der Waals surface area (Å²) in [5.41, 5.74) is 0.669. The summed E-state index contributed by atoms with van der Waals surface area (Å²) in [6.45, 7) is 9.35. The van der Waals surface area contributed by atoms with Crippen LogP contribution >= 0.6 is 0 Å². The van der Waals surface area contributed by atoms with Crippen molar-refractivity contribution in [1.82, 2.24) is 0 Å². The van der Waals surface area contributed by atoms with E-state index in [9.17, 15) is 9.59 Å². The van der Waals surface area contributed by atoms with Gasteiger partial charge in [0.2, 0.25) is 0 Å². The highest BCUT2D eigenvalue weighted by molar-refractivity contribution is 5.90. The number of benzene rings is 1. The smallest absolute Gasteiger partial charge is 0.340 e.